The molecule has 0 aromatic heterocycles. The van der Waals surface area contributed by atoms with E-state index >= 15 is 0 Å². The first-order valence-electron chi connectivity index (χ1n) is 9.30. The molecule has 3 aromatic carbocycles. The number of nitrogens with one attached hydrogen (secondary N) is 1. The summed E-state index contributed by atoms with van der Waals surface area (Å²) >= 11 is 3.27. The summed E-state index contributed by atoms with van der Waals surface area (Å²) in [5, 5.41) is 3.82. The Kier molecular flexibility index (Phi) is 7.60. The Labute approximate surface area is 193 Å². The number of benzene rings is 3. The molecule has 0 heterocycles. The van der Waals surface area contributed by atoms with Crippen LogP contribution in [0.5, 0.6) is 5.75 Å². The molecular weight excluding hydrogens is 501 g/mol. The van der Waals surface area contributed by atoms with E-state index in [2.05, 4.69) is 26.5 Å². The Morgan fingerprint density at radius 2 is 1.81 bits per heavy atom. The molecule has 0 unspecified atom stereocenters. The van der Waals surface area contributed by atoms with Gasteiger partial charge < -0.3 is 4.74 Å². The third kappa shape index (κ3) is 5.71. The molecule has 3 aromatic rings. The van der Waals surface area contributed by atoms with Crippen LogP contribution >= 0.6 is 15.9 Å². The van der Waals surface area contributed by atoms with Gasteiger partial charge in [0, 0.05) is 4.47 Å². The van der Waals surface area contributed by atoms with Gasteiger partial charge in [-0.25, -0.2) is 18.2 Å². The van der Waals surface area contributed by atoms with Crippen LogP contribution in [-0.2, 0) is 14.8 Å². The van der Waals surface area contributed by atoms with Crippen molar-refractivity contribution in [3.63, 3.8) is 0 Å². The van der Waals surface area contributed by atoms with Gasteiger partial charge in [-0.3, -0.25) is 9.10 Å². The van der Waals surface area contributed by atoms with Gasteiger partial charge in [0.1, 0.15) is 23.0 Å². The average molecular weight is 520 g/mol. The lowest BCUT2D eigenvalue weighted by Gasteiger charge is -2.24. The third-order valence-corrected chi connectivity index (χ3v) is 6.59. The second-order valence-electron chi connectivity index (χ2n) is 6.49. The van der Waals surface area contributed by atoms with Crippen molar-refractivity contribution in [2.24, 2.45) is 5.10 Å². The van der Waals surface area contributed by atoms with E-state index in [1.165, 1.54) is 49.7 Å². The first-order chi connectivity index (χ1) is 15.3. The molecule has 1 amide bonds. The fraction of sp³-hybridized carbons (Fsp3) is 0.0909. The number of amides is 1. The third-order valence-electron chi connectivity index (χ3n) is 4.30. The number of anilines is 1. The first-order valence-corrected chi connectivity index (χ1v) is 11.5. The maximum absolute atomic E-state index is 13.5. The highest BCUT2D eigenvalue weighted by Crippen LogP contribution is 2.32. The molecule has 3 rings (SSSR count). The van der Waals surface area contributed by atoms with Crippen LogP contribution in [0.2, 0.25) is 0 Å². The zero-order chi connectivity index (χ0) is 23.1. The molecule has 0 radical (unpaired) electrons. The standard InChI is InChI=1S/C22H19BrFN3O4S/c1-31-20-12-9-17(23)13-21(20)32(29,30)27(19-5-3-2-4-6-19)15-22(28)26-25-14-16-7-10-18(24)11-8-16/h2-14H,15H2,1H3,(H,26,28)/b25-14-. The number of halogens is 2. The monoisotopic (exact) mass is 519 g/mol. The van der Waals surface area contributed by atoms with Crippen LogP contribution in [0.15, 0.2) is 87.3 Å². The fourth-order valence-corrected chi connectivity index (χ4v) is 4.89. The minimum atomic E-state index is -4.17. The lowest BCUT2D eigenvalue weighted by molar-refractivity contribution is -0.119. The van der Waals surface area contributed by atoms with E-state index in [1.807, 2.05) is 0 Å². The summed E-state index contributed by atoms with van der Waals surface area (Å²) in [6.45, 7) is -0.525. The molecule has 0 aliphatic heterocycles. The number of nitrogens with zero attached hydrogens (tertiary/aromatic N) is 2. The van der Waals surface area contributed by atoms with E-state index in [9.17, 15) is 17.6 Å². The summed E-state index contributed by atoms with van der Waals surface area (Å²) in [6.07, 6.45) is 1.33. The van der Waals surface area contributed by atoms with Gasteiger partial charge in [-0.2, -0.15) is 5.10 Å². The second-order valence-corrected chi connectivity index (χ2v) is 9.23. The molecule has 0 aliphatic rings. The smallest absolute Gasteiger partial charge is 0.268 e. The SMILES string of the molecule is COc1ccc(Br)cc1S(=O)(=O)N(CC(=O)N/N=C\c1ccc(F)cc1)c1ccccc1. The van der Waals surface area contributed by atoms with Crippen LogP contribution < -0.4 is 14.5 Å². The summed E-state index contributed by atoms with van der Waals surface area (Å²) < 4.78 is 46.7. The van der Waals surface area contributed by atoms with Gasteiger partial charge in [0.15, 0.2) is 0 Å². The number of hydrogen-bond donors (Lipinski definition) is 1. The van der Waals surface area contributed by atoms with Crippen molar-refractivity contribution < 1.29 is 22.3 Å². The lowest BCUT2D eigenvalue weighted by atomic mass is 10.2. The maximum Gasteiger partial charge on any atom is 0.268 e. The average Bonchev–Trinajstić information content (AvgIpc) is 2.79. The summed E-state index contributed by atoms with van der Waals surface area (Å²) in [5.41, 5.74) is 3.17. The molecule has 166 valence electrons. The van der Waals surface area contributed by atoms with Crippen LogP contribution in [0.25, 0.3) is 0 Å². The van der Waals surface area contributed by atoms with Crippen LogP contribution in [0, 0.1) is 5.82 Å². The van der Waals surface area contributed by atoms with Gasteiger partial charge in [-0.1, -0.05) is 46.3 Å². The molecule has 7 nitrogen and oxygen atoms in total. The zero-order valence-corrected chi connectivity index (χ0v) is 19.3. The molecule has 1 N–H and O–H groups in total. The Morgan fingerprint density at radius 3 is 2.47 bits per heavy atom. The highest BCUT2D eigenvalue weighted by Gasteiger charge is 2.30. The molecule has 0 saturated heterocycles. The number of rotatable bonds is 8. The van der Waals surface area contributed by atoms with E-state index in [1.54, 1.807) is 36.4 Å². The number of para-hydroxylation sites is 1. The molecule has 0 fully saturated rings. The minimum absolute atomic E-state index is 0.0964. The number of carbonyl (C=O) groups excluding carboxylic acids is 1. The summed E-state index contributed by atoms with van der Waals surface area (Å²) in [7, 11) is -2.81. The summed E-state index contributed by atoms with van der Waals surface area (Å²) in [4.78, 5) is 12.4. The van der Waals surface area contributed by atoms with Crippen LogP contribution in [0.4, 0.5) is 10.1 Å². The minimum Gasteiger partial charge on any atom is -0.495 e. The molecular formula is C22H19BrFN3O4S. The second kappa shape index (κ2) is 10.4. The number of ether oxygens (including phenoxy) is 1. The number of hydrogen-bond acceptors (Lipinski definition) is 5. The molecule has 10 heteroatoms. The Balaban J connectivity index is 1.88. The predicted molar refractivity (Wildman–Crippen MR) is 124 cm³/mol. The van der Waals surface area contributed by atoms with Crippen molar-refractivity contribution in [3.8, 4) is 5.75 Å². The topological polar surface area (TPSA) is 88.1 Å². The quantitative estimate of drug-likeness (QED) is 0.360. The van der Waals surface area contributed by atoms with Gasteiger partial charge in [0.25, 0.3) is 15.9 Å². The predicted octanol–water partition coefficient (Wildman–Crippen LogP) is 3.94. The number of methoxy groups -OCH3 is 1. The van der Waals surface area contributed by atoms with Crippen molar-refractivity contribution in [2.45, 2.75) is 4.90 Å². The van der Waals surface area contributed by atoms with Crippen molar-refractivity contribution >= 4 is 43.8 Å². The fourth-order valence-electron chi connectivity index (χ4n) is 2.77. The Hall–Kier alpha value is -3.24. The van der Waals surface area contributed by atoms with Crippen molar-refractivity contribution in [1.82, 2.24) is 5.43 Å². The van der Waals surface area contributed by atoms with E-state index < -0.39 is 28.3 Å². The molecule has 32 heavy (non-hydrogen) atoms. The van der Waals surface area contributed by atoms with Crippen molar-refractivity contribution in [3.05, 3.63) is 88.6 Å². The number of hydrazone groups is 1. The molecule has 0 atom stereocenters. The van der Waals surface area contributed by atoms with Crippen LogP contribution in [-0.4, -0.2) is 34.2 Å². The Morgan fingerprint density at radius 1 is 1.12 bits per heavy atom. The number of sulfonamides is 1. The summed E-state index contributed by atoms with van der Waals surface area (Å²) in [5.74, 6) is -0.911. The number of carbonyl (C=O) groups is 1. The van der Waals surface area contributed by atoms with Gasteiger partial charge in [-0.05, 0) is 48.0 Å². The maximum atomic E-state index is 13.5. The largest absolute Gasteiger partial charge is 0.495 e. The molecule has 0 bridgehead atoms. The van der Waals surface area contributed by atoms with Gasteiger partial charge in [0.05, 0.1) is 19.0 Å². The zero-order valence-electron chi connectivity index (χ0n) is 16.9. The van der Waals surface area contributed by atoms with Crippen molar-refractivity contribution in [1.29, 1.82) is 0 Å². The van der Waals surface area contributed by atoms with Gasteiger partial charge in [0.2, 0.25) is 0 Å². The first kappa shape index (κ1) is 23.4. The van der Waals surface area contributed by atoms with Crippen LogP contribution in [0.3, 0.4) is 0 Å². The van der Waals surface area contributed by atoms with Gasteiger partial charge >= 0.3 is 0 Å². The molecule has 0 spiro atoms. The highest BCUT2D eigenvalue weighted by molar-refractivity contribution is 9.10. The normalized spacial score (nSPS) is 11.3. The van der Waals surface area contributed by atoms with E-state index in [-0.39, 0.29) is 10.6 Å². The van der Waals surface area contributed by atoms with Gasteiger partial charge in [-0.15, -0.1) is 0 Å². The lowest BCUT2D eigenvalue weighted by Crippen LogP contribution is -2.39. The Bertz CT molecular complexity index is 1220. The van der Waals surface area contributed by atoms with Crippen LogP contribution in [0.1, 0.15) is 5.56 Å². The highest BCUT2D eigenvalue weighted by atomic mass is 79.9. The van der Waals surface area contributed by atoms with E-state index in [0.717, 1.165) is 4.31 Å². The summed E-state index contributed by atoms with van der Waals surface area (Å²) in [6, 6.07) is 18.3. The van der Waals surface area contributed by atoms with E-state index in [4.69, 9.17) is 4.74 Å². The molecule has 0 saturated carbocycles. The molecule has 0 aliphatic carbocycles. The van der Waals surface area contributed by atoms with Crippen molar-refractivity contribution in [2.75, 3.05) is 18.0 Å². The van der Waals surface area contributed by atoms with E-state index in [0.29, 0.717) is 15.7 Å².